The van der Waals surface area contributed by atoms with Gasteiger partial charge in [0.1, 0.15) is 5.75 Å². The van der Waals surface area contributed by atoms with Crippen LogP contribution in [0.1, 0.15) is 70.8 Å². The van der Waals surface area contributed by atoms with E-state index in [4.69, 9.17) is 9.47 Å². The molecule has 0 aliphatic heterocycles. The SMILES string of the molecule is CCCCCOc1ccc(C2(O)CCC(C(=O)OCCC)CC2)cc1. The molecule has 140 valence electrons. The van der Waals surface area contributed by atoms with Crippen LogP contribution in [0.15, 0.2) is 24.3 Å². The maximum atomic E-state index is 12.0. The number of carbonyl (C=O) groups excluding carboxylic acids is 1. The summed E-state index contributed by atoms with van der Waals surface area (Å²) < 4.78 is 11.0. The molecule has 0 aromatic heterocycles. The molecule has 0 bridgehead atoms. The number of rotatable bonds is 9. The molecular formula is C21H32O4. The van der Waals surface area contributed by atoms with Crippen molar-refractivity contribution in [2.75, 3.05) is 13.2 Å². The lowest BCUT2D eigenvalue weighted by atomic mass is 9.75. The van der Waals surface area contributed by atoms with Gasteiger partial charge in [-0.3, -0.25) is 4.79 Å². The van der Waals surface area contributed by atoms with E-state index < -0.39 is 5.60 Å². The van der Waals surface area contributed by atoms with Gasteiger partial charge in [-0.25, -0.2) is 0 Å². The predicted molar refractivity (Wildman–Crippen MR) is 98.6 cm³/mol. The molecule has 1 aromatic rings. The highest BCUT2D eigenvalue weighted by Crippen LogP contribution is 2.40. The van der Waals surface area contributed by atoms with Gasteiger partial charge in [0.05, 0.1) is 24.7 Å². The molecule has 25 heavy (non-hydrogen) atoms. The minimum Gasteiger partial charge on any atom is -0.494 e. The van der Waals surface area contributed by atoms with Gasteiger partial charge in [0.2, 0.25) is 0 Å². The fraction of sp³-hybridized carbons (Fsp3) is 0.667. The molecular weight excluding hydrogens is 316 g/mol. The third-order valence-electron chi connectivity index (χ3n) is 5.00. The second-order valence-corrected chi connectivity index (χ2v) is 7.05. The van der Waals surface area contributed by atoms with E-state index in [0.29, 0.717) is 32.3 Å². The topological polar surface area (TPSA) is 55.8 Å². The average molecular weight is 348 g/mol. The fourth-order valence-corrected chi connectivity index (χ4v) is 3.34. The molecule has 0 radical (unpaired) electrons. The summed E-state index contributed by atoms with van der Waals surface area (Å²) in [5, 5.41) is 11.0. The second-order valence-electron chi connectivity index (χ2n) is 7.05. The number of benzene rings is 1. The van der Waals surface area contributed by atoms with Crippen molar-refractivity contribution in [2.45, 2.75) is 70.8 Å². The fourth-order valence-electron chi connectivity index (χ4n) is 3.34. The van der Waals surface area contributed by atoms with Crippen LogP contribution in [-0.4, -0.2) is 24.3 Å². The summed E-state index contributed by atoms with van der Waals surface area (Å²) in [7, 11) is 0. The Labute approximate surface area is 151 Å². The largest absolute Gasteiger partial charge is 0.494 e. The summed E-state index contributed by atoms with van der Waals surface area (Å²) in [6.07, 6.45) is 6.81. The normalized spacial score (nSPS) is 23.2. The zero-order valence-corrected chi connectivity index (χ0v) is 15.6. The first kappa shape index (κ1) is 19.8. The van der Waals surface area contributed by atoms with Crippen LogP contribution < -0.4 is 4.74 Å². The first-order valence-corrected chi connectivity index (χ1v) is 9.71. The molecule has 0 amide bonds. The molecule has 1 fully saturated rings. The number of esters is 1. The summed E-state index contributed by atoms with van der Waals surface area (Å²) in [4.78, 5) is 12.0. The molecule has 4 nitrogen and oxygen atoms in total. The first-order chi connectivity index (χ1) is 12.1. The van der Waals surface area contributed by atoms with E-state index in [2.05, 4.69) is 6.92 Å². The summed E-state index contributed by atoms with van der Waals surface area (Å²) in [5.41, 5.74) is 0.0659. The Kier molecular flexibility index (Phi) is 7.76. The van der Waals surface area contributed by atoms with E-state index in [0.717, 1.165) is 30.8 Å². The minimum atomic E-state index is -0.845. The number of carbonyl (C=O) groups is 1. The van der Waals surface area contributed by atoms with E-state index >= 15 is 0 Å². The lowest BCUT2D eigenvalue weighted by Gasteiger charge is -2.35. The van der Waals surface area contributed by atoms with Crippen molar-refractivity contribution >= 4 is 5.97 Å². The predicted octanol–water partition coefficient (Wildman–Crippen LogP) is 4.59. The third-order valence-corrected chi connectivity index (χ3v) is 5.00. The smallest absolute Gasteiger partial charge is 0.308 e. The molecule has 0 saturated heterocycles. The summed E-state index contributed by atoms with van der Waals surface area (Å²) in [6.45, 7) is 5.39. The van der Waals surface area contributed by atoms with Crippen molar-refractivity contribution in [1.82, 2.24) is 0 Å². The molecule has 1 saturated carbocycles. The summed E-state index contributed by atoms with van der Waals surface area (Å²) >= 11 is 0. The molecule has 2 rings (SSSR count). The molecule has 1 aliphatic rings. The lowest BCUT2D eigenvalue weighted by molar-refractivity contribution is -0.151. The number of ether oxygens (including phenoxy) is 2. The van der Waals surface area contributed by atoms with Gasteiger partial charge >= 0.3 is 5.97 Å². The van der Waals surface area contributed by atoms with Crippen LogP contribution in [0.25, 0.3) is 0 Å². The van der Waals surface area contributed by atoms with Crippen LogP contribution in [-0.2, 0) is 15.1 Å². The Bertz CT molecular complexity index is 515. The first-order valence-electron chi connectivity index (χ1n) is 9.71. The van der Waals surface area contributed by atoms with E-state index in [9.17, 15) is 9.90 Å². The van der Waals surface area contributed by atoms with Crippen LogP contribution in [0.5, 0.6) is 5.75 Å². The standard InChI is InChI=1S/C21H32O4/c1-3-5-6-16-24-19-9-7-18(8-10-19)21(23)13-11-17(12-14-21)20(22)25-15-4-2/h7-10,17,23H,3-6,11-16H2,1-2H3. The van der Waals surface area contributed by atoms with Crippen molar-refractivity contribution in [2.24, 2.45) is 5.92 Å². The maximum absolute atomic E-state index is 12.0. The molecule has 0 spiro atoms. The van der Waals surface area contributed by atoms with Gasteiger partial charge in [0.25, 0.3) is 0 Å². The van der Waals surface area contributed by atoms with E-state index in [1.165, 1.54) is 12.8 Å². The summed E-state index contributed by atoms with van der Waals surface area (Å²) in [5.74, 6) is 0.660. The molecule has 1 aliphatic carbocycles. The van der Waals surface area contributed by atoms with Crippen molar-refractivity contribution in [3.05, 3.63) is 29.8 Å². The van der Waals surface area contributed by atoms with Crippen LogP contribution in [0.2, 0.25) is 0 Å². The van der Waals surface area contributed by atoms with Gasteiger partial charge in [-0.1, -0.05) is 38.8 Å². The average Bonchev–Trinajstić information content (AvgIpc) is 2.64. The summed E-state index contributed by atoms with van der Waals surface area (Å²) in [6, 6.07) is 7.76. The Morgan fingerprint density at radius 3 is 2.36 bits per heavy atom. The van der Waals surface area contributed by atoms with Gasteiger partial charge in [-0.2, -0.15) is 0 Å². The van der Waals surface area contributed by atoms with Crippen molar-refractivity contribution in [1.29, 1.82) is 0 Å². The van der Waals surface area contributed by atoms with Crippen LogP contribution in [0.4, 0.5) is 0 Å². The number of aliphatic hydroxyl groups is 1. The van der Waals surface area contributed by atoms with Gasteiger partial charge < -0.3 is 14.6 Å². The zero-order chi connectivity index (χ0) is 18.1. The van der Waals surface area contributed by atoms with E-state index in [1.54, 1.807) is 0 Å². The highest BCUT2D eigenvalue weighted by molar-refractivity contribution is 5.72. The lowest BCUT2D eigenvalue weighted by Crippen LogP contribution is -2.34. The Balaban J connectivity index is 1.85. The molecule has 1 N–H and O–H groups in total. The number of hydrogen-bond donors (Lipinski definition) is 1. The van der Waals surface area contributed by atoms with Crippen molar-refractivity contribution < 1.29 is 19.4 Å². The highest BCUT2D eigenvalue weighted by atomic mass is 16.5. The van der Waals surface area contributed by atoms with Crippen LogP contribution in [0.3, 0.4) is 0 Å². The zero-order valence-electron chi connectivity index (χ0n) is 15.6. The van der Waals surface area contributed by atoms with E-state index in [-0.39, 0.29) is 11.9 Å². The Morgan fingerprint density at radius 2 is 1.76 bits per heavy atom. The van der Waals surface area contributed by atoms with E-state index in [1.807, 2.05) is 31.2 Å². The molecule has 1 aromatic carbocycles. The molecule has 0 heterocycles. The third kappa shape index (κ3) is 5.74. The van der Waals surface area contributed by atoms with Crippen LogP contribution in [0, 0.1) is 5.92 Å². The van der Waals surface area contributed by atoms with Gasteiger partial charge in [0, 0.05) is 0 Å². The maximum Gasteiger partial charge on any atom is 0.308 e. The second kappa shape index (κ2) is 9.81. The highest BCUT2D eigenvalue weighted by Gasteiger charge is 2.37. The monoisotopic (exact) mass is 348 g/mol. The van der Waals surface area contributed by atoms with Gasteiger partial charge in [-0.15, -0.1) is 0 Å². The quantitative estimate of drug-likeness (QED) is 0.524. The minimum absolute atomic E-state index is 0.0759. The molecule has 0 unspecified atom stereocenters. The number of unbranched alkanes of at least 4 members (excludes halogenated alkanes) is 2. The Morgan fingerprint density at radius 1 is 1.08 bits per heavy atom. The number of hydrogen-bond acceptors (Lipinski definition) is 4. The van der Waals surface area contributed by atoms with Crippen molar-refractivity contribution in [3.63, 3.8) is 0 Å². The van der Waals surface area contributed by atoms with Crippen molar-refractivity contribution in [3.8, 4) is 5.75 Å². The van der Waals surface area contributed by atoms with Crippen LogP contribution >= 0.6 is 0 Å². The van der Waals surface area contributed by atoms with Gasteiger partial charge in [0.15, 0.2) is 0 Å². The molecule has 4 heteroatoms. The molecule has 0 atom stereocenters. The van der Waals surface area contributed by atoms with Gasteiger partial charge in [-0.05, 0) is 56.2 Å². The Hall–Kier alpha value is -1.55.